The number of hydrogen-bond acceptors (Lipinski definition) is 2. The summed E-state index contributed by atoms with van der Waals surface area (Å²) >= 11 is 0. The van der Waals surface area contributed by atoms with E-state index in [0.717, 1.165) is 19.3 Å². The van der Waals surface area contributed by atoms with Crippen molar-refractivity contribution in [2.45, 2.75) is 25.2 Å². The third-order valence-corrected chi connectivity index (χ3v) is 3.08. The number of benzene rings is 1. The van der Waals surface area contributed by atoms with E-state index in [9.17, 15) is 4.79 Å². The van der Waals surface area contributed by atoms with Crippen molar-refractivity contribution in [2.75, 3.05) is 13.8 Å². The number of fused-ring (bicyclic) bond motifs is 1. The van der Waals surface area contributed by atoms with Crippen LogP contribution in [0.4, 0.5) is 0 Å². The zero-order valence-corrected chi connectivity index (χ0v) is 9.53. The lowest BCUT2D eigenvalue weighted by Gasteiger charge is -2.24. The number of nitrogens with one attached hydrogen (secondary N) is 1. The molecule has 1 aromatic rings. The number of aryl methyl sites for hydroxylation is 1. The predicted octanol–water partition coefficient (Wildman–Crippen LogP) is 1.83. The molecule has 0 saturated heterocycles. The highest BCUT2D eigenvalue weighted by Crippen LogP contribution is 2.31. The van der Waals surface area contributed by atoms with Gasteiger partial charge in [0.05, 0.1) is 5.92 Å². The number of methoxy groups -OCH3 is 1. The van der Waals surface area contributed by atoms with Crippen LogP contribution in [0.2, 0.25) is 0 Å². The molecule has 3 nitrogen and oxygen atoms in total. The quantitative estimate of drug-likeness (QED) is 0.788. The van der Waals surface area contributed by atoms with Crippen molar-refractivity contribution < 1.29 is 9.53 Å². The van der Waals surface area contributed by atoms with Gasteiger partial charge in [0.15, 0.2) is 0 Å². The Morgan fingerprint density at radius 1 is 1.50 bits per heavy atom. The lowest BCUT2D eigenvalue weighted by atomic mass is 9.82. The zero-order chi connectivity index (χ0) is 11.4. The average Bonchev–Trinajstić information content (AvgIpc) is 2.35. The van der Waals surface area contributed by atoms with Crippen molar-refractivity contribution in [2.24, 2.45) is 0 Å². The Bertz CT molecular complexity index is 376. The second kappa shape index (κ2) is 5.12. The van der Waals surface area contributed by atoms with Crippen LogP contribution in [-0.4, -0.2) is 19.7 Å². The lowest BCUT2D eigenvalue weighted by Crippen LogP contribution is -2.32. The number of rotatable bonds is 3. The summed E-state index contributed by atoms with van der Waals surface area (Å²) in [5.41, 5.74) is 2.49. The number of carbonyl (C=O) groups is 1. The predicted molar refractivity (Wildman–Crippen MR) is 62.1 cm³/mol. The maximum atomic E-state index is 11.9. The second-order valence-corrected chi connectivity index (χ2v) is 4.12. The van der Waals surface area contributed by atoms with E-state index in [0.29, 0.717) is 0 Å². The molecule has 0 saturated carbocycles. The van der Waals surface area contributed by atoms with E-state index in [4.69, 9.17) is 4.74 Å². The van der Waals surface area contributed by atoms with E-state index in [-0.39, 0.29) is 18.6 Å². The van der Waals surface area contributed by atoms with Gasteiger partial charge in [-0.2, -0.15) is 0 Å². The summed E-state index contributed by atoms with van der Waals surface area (Å²) in [6.45, 7) is 0.289. The summed E-state index contributed by atoms with van der Waals surface area (Å²) in [4.78, 5) is 11.9. The van der Waals surface area contributed by atoms with Gasteiger partial charge in [-0.05, 0) is 30.4 Å². The standard InChI is InChI=1S/C13H17NO2/c1-16-9-14-13(15)12-8-4-6-10-5-2-3-7-11(10)12/h2-3,5,7,12H,4,6,8-9H2,1H3,(H,14,15). The van der Waals surface area contributed by atoms with Gasteiger partial charge in [-0.15, -0.1) is 0 Å². The van der Waals surface area contributed by atoms with Crippen molar-refractivity contribution >= 4 is 5.91 Å². The first-order valence-electron chi connectivity index (χ1n) is 5.67. The van der Waals surface area contributed by atoms with Crippen LogP contribution in [-0.2, 0) is 16.0 Å². The van der Waals surface area contributed by atoms with E-state index in [2.05, 4.69) is 17.4 Å². The van der Waals surface area contributed by atoms with E-state index in [1.807, 2.05) is 12.1 Å². The Labute approximate surface area is 95.8 Å². The van der Waals surface area contributed by atoms with Gasteiger partial charge in [0.2, 0.25) is 5.91 Å². The highest BCUT2D eigenvalue weighted by atomic mass is 16.5. The van der Waals surface area contributed by atoms with Gasteiger partial charge in [-0.25, -0.2) is 0 Å². The van der Waals surface area contributed by atoms with Crippen LogP contribution >= 0.6 is 0 Å². The summed E-state index contributed by atoms with van der Waals surface area (Å²) in [5, 5.41) is 2.78. The minimum absolute atomic E-state index is 0.0000926. The number of ether oxygens (including phenoxy) is 1. The minimum atomic E-state index is 0.0000926. The molecule has 0 radical (unpaired) electrons. The van der Waals surface area contributed by atoms with Crippen LogP contribution < -0.4 is 5.32 Å². The molecule has 0 aliphatic heterocycles. The molecule has 1 N–H and O–H groups in total. The molecule has 0 spiro atoms. The van der Waals surface area contributed by atoms with Crippen LogP contribution in [0.25, 0.3) is 0 Å². The summed E-state index contributed by atoms with van der Waals surface area (Å²) in [6.07, 6.45) is 3.11. The van der Waals surface area contributed by atoms with E-state index >= 15 is 0 Å². The van der Waals surface area contributed by atoms with Crippen molar-refractivity contribution in [3.05, 3.63) is 35.4 Å². The highest BCUT2D eigenvalue weighted by molar-refractivity contribution is 5.84. The molecule has 1 atom stereocenters. The molecule has 16 heavy (non-hydrogen) atoms. The molecule has 1 amide bonds. The van der Waals surface area contributed by atoms with Gasteiger partial charge in [0.1, 0.15) is 6.73 Å². The first-order chi connectivity index (χ1) is 7.83. The molecule has 0 heterocycles. The van der Waals surface area contributed by atoms with Crippen LogP contribution in [0, 0.1) is 0 Å². The second-order valence-electron chi connectivity index (χ2n) is 4.12. The molecular weight excluding hydrogens is 202 g/mol. The third kappa shape index (κ3) is 2.25. The Hall–Kier alpha value is -1.35. The maximum Gasteiger partial charge on any atom is 0.229 e. The Morgan fingerprint density at radius 3 is 3.12 bits per heavy atom. The van der Waals surface area contributed by atoms with Crippen LogP contribution in [0.5, 0.6) is 0 Å². The molecule has 1 unspecified atom stereocenters. The third-order valence-electron chi connectivity index (χ3n) is 3.08. The van der Waals surface area contributed by atoms with E-state index < -0.39 is 0 Å². The molecule has 0 aromatic heterocycles. The van der Waals surface area contributed by atoms with Crippen molar-refractivity contribution in [3.8, 4) is 0 Å². The molecule has 1 aliphatic carbocycles. The summed E-state index contributed by atoms with van der Waals surface area (Å²) in [6, 6.07) is 8.21. The summed E-state index contributed by atoms with van der Waals surface area (Å²) in [5.74, 6) is 0.0779. The molecule has 1 aliphatic rings. The van der Waals surface area contributed by atoms with Crippen LogP contribution in [0.1, 0.15) is 29.9 Å². The zero-order valence-electron chi connectivity index (χ0n) is 9.53. The van der Waals surface area contributed by atoms with Crippen LogP contribution in [0.15, 0.2) is 24.3 Å². The van der Waals surface area contributed by atoms with Gasteiger partial charge in [-0.3, -0.25) is 4.79 Å². The number of amides is 1. The normalized spacial score (nSPS) is 18.9. The number of hydrogen-bond donors (Lipinski definition) is 1. The molecular formula is C13H17NO2. The SMILES string of the molecule is COCNC(=O)C1CCCc2ccccc21. The largest absolute Gasteiger partial charge is 0.364 e. The van der Waals surface area contributed by atoms with Gasteiger partial charge in [-0.1, -0.05) is 24.3 Å². The van der Waals surface area contributed by atoms with Crippen molar-refractivity contribution in [1.82, 2.24) is 5.32 Å². The monoisotopic (exact) mass is 219 g/mol. The average molecular weight is 219 g/mol. The molecule has 3 heteroatoms. The topological polar surface area (TPSA) is 38.3 Å². The van der Waals surface area contributed by atoms with Gasteiger partial charge in [0, 0.05) is 7.11 Å². The van der Waals surface area contributed by atoms with Crippen molar-refractivity contribution in [1.29, 1.82) is 0 Å². The Kier molecular flexibility index (Phi) is 3.57. The van der Waals surface area contributed by atoms with Crippen LogP contribution in [0.3, 0.4) is 0 Å². The molecule has 0 fully saturated rings. The van der Waals surface area contributed by atoms with Gasteiger partial charge >= 0.3 is 0 Å². The summed E-state index contributed by atoms with van der Waals surface area (Å²) < 4.78 is 4.86. The first kappa shape index (κ1) is 11.1. The smallest absolute Gasteiger partial charge is 0.229 e. The van der Waals surface area contributed by atoms with E-state index in [1.54, 1.807) is 7.11 Å². The van der Waals surface area contributed by atoms with Gasteiger partial charge in [0.25, 0.3) is 0 Å². The van der Waals surface area contributed by atoms with E-state index in [1.165, 1.54) is 11.1 Å². The van der Waals surface area contributed by atoms with Crippen molar-refractivity contribution in [3.63, 3.8) is 0 Å². The molecule has 1 aromatic carbocycles. The summed E-state index contributed by atoms with van der Waals surface area (Å²) in [7, 11) is 1.58. The Morgan fingerprint density at radius 2 is 2.31 bits per heavy atom. The fraction of sp³-hybridized carbons (Fsp3) is 0.462. The molecule has 2 rings (SSSR count). The molecule has 0 bridgehead atoms. The lowest BCUT2D eigenvalue weighted by molar-refractivity contribution is -0.124. The number of carbonyl (C=O) groups excluding carboxylic acids is 1. The molecule has 86 valence electrons. The van der Waals surface area contributed by atoms with Gasteiger partial charge < -0.3 is 10.1 Å². The fourth-order valence-corrected chi connectivity index (χ4v) is 2.29. The fourth-order valence-electron chi connectivity index (χ4n) is 2.29. The highest BCUT2D eigenvalue weighted by Gasteiger charge is 2.25. The maximum absolute atomic E-state index is 11.9. The first-order valence-corrected chi connectivity index (χ1v) is 5.67. The minimum Gasteiger partial charge on any atom is -0.364 e. The Balaban J connectivity index is 2.15.